The number of sulfonamides is 1. The van der Waals surface area contributed by atoms with Crippen LogP contribution in [0.4, 0.5) is 4.39 Å². The predicted octanol–water partition coefficient (Wildman–Crippen LogP) is 1.15. The van der Waals surface area contributed by atoms with Gasteiger partial charge in [0.25, 0.3) is 0 Å². The molecule has 0 saturated carbocycles. The van der Waals surface area contributed by atoms with Gasteiger partial charge in [0, 0.05) is 0 Å². The summed E-state index contributed by atoms with van der Waals surface area (Å²) >= 11 is 5.48. The molecule has 1 aromatic carbocycles. The fraction of sp³-hybridized carbons (Fsp3) is 0.250. The predicted molar refractivity (Wildman–Crippen MR) is 54.9 cm³/mol. The molecular weight excluding hydrogens is 245 g/mol. The first-order valence-electron chi connectivity index (χ1n) is 3.97. The third-order valence-corrected chi connectivity index (χ3v) is 2.57. The zero-order valence-electron chi connectivity index (χ0n) is 7.61. The zero-order chi connectivity index (χ0) is 11.5. The van der Waals surface area contributed by atoms with Gasteiger partial charge in [-0.1, -0.05) is 17.7 Å². The van der Waals surface area contributed by atoms with Gasteiger partial charge in [0.1, 0.15) is 6.61 Å². The summed E-state index contributed by atoms with van der Waals surface area (Å²) in [5.41, 5.74) is 0. The number of hydrogen-bond donors (Lipinski definition) is 1. The molecule has 84 valence electrons. The van der Waals surface area contributed by atoms with Crippen molar-refractivity contribution in [3.63, 3.8) is 0 Å². The summed E-state index contributed by atoms with van der Waals surface area (Å²) in [5.74, 6) is -1.18. The van der Waals surface area contributed by atoms with Crippen LogP contribution in [-0.4, -0.2) is 20.8 Å². The summed E-state index contributed by atoms with van der Waals surface area (Å²) in [4.78, 5) is 0. The van der Waals surface area contributed by atoms with E-state index in [-0.39, 0.29) is 23.1 Å². The molecule has 15 heavy (non-hydrogen) atoms. The minimum absolute atomic E-state index is 0.0805. The summed E-state index contributed by atoms with van der Waals surface area (Å²) in [6.07, 6.45) is 0. The van der Waals surface area contributed by atoms with E-state index in [0.29, 0.717) is 0 Å². The average Bonchev–Trinajstić information content (AvgIpc) is 2.10. The molecule has 4 nitrogen and oxygen atoms in total. The van der Waals surface area contributed by atoms with Crippen LogP contribution in [-0.2, 0) is 10.0 Å². The molecule has 0 heterocycles. The van der Waals surface area contributed by atoms with Gasteiger partial charge in [-0.15, -0.1) is 0 Å². The molecule has 2 N–H and O–H groups in total. The van der Waals surface area contributed by atoms with E-state index in [2.05, 4.69) is 0 Å². The van der Waals surface area contributed by atoms with Gasteiger partial charge < -0.3 is 4.74 Å². The molecule has 0 amide bonds. The number of halogens is 2. The smallest absolute Gasteiger partial charge is 0.212 e. The van der Waals surface area contributed by atoms with Gasteiger partial charge >= 0.3 is 0 Å². The van der Waals surface area contributed by atoms with Crippen molar-refractivity contribution in [2.45, 2.75) is 0 Å². The van der Waals surface area contributed by atoms with Crippen LogP contribution in [0.3, 0.4) is 0 Å². The van der Waals surface area contributed by atoms with Crippen molar-refractivity contribution in [1.82, 2.24) is 0 Å². The maximum atomic E-state index is 13.2. The maximum absolute atomic E-state index is 13.2. The monoisotopic (exact) mass is 253 g/mol. The highest BCUT2D eigenvalue weighted by Crippen LogP contribution is 2.23. The minimum Gasteiger partial charge on any atom is -0.489 e. The van der Waals surface area contributed by atoms with E-state index in [4.69, 9.17) is 21.5 Å². The third kappa shape index (κ3) is 4.03. The van der Waals surface area contributed by atoms with Crippen LogP contribution in [0.2, 0.25) is 5.02 Å². The SMILES string of the molecule is NS(=O)(=O)CCOc1cccc(Cl)c1F. The number of nitrogens with two attached hydrogens (primary N) is 1. The summed E-state index contributed by atoms with van der Waals surface area (Å²) in [5, 5.41) is 4.66. The van der Waals surface area contributed by atoms with Crippen LogP contribution in [0.5, 0.6) is 5.75 Å². The van der Waals surface area contributed by atoms with E-state index in [1.165, 1.54) is 18.2 Å². The van der Waals surface area contributed by atoms with E-state index in [1.807, 2.05) is 0 Å². The van der Waals surface area contributed by atoms with Crippen molar-refractivity contribution in [1.29, 1.82) is 0 Å². The van der Waals surface area contributed by atoms with Gasteiger partial charge in [0.05, 0.1) is 10.8 Å². The van der Waals surface area contributed by atoms with Crippen molar-refractivity contribution >= 4 is 21.6 Å². The Morgan fingerprint density at radius 2 is 2.13 bits per heavy atom. The molecule has 0 saturated heterocycles. The Bertz CT molecular complexity index is 449. The lowest BCUT2D eigenvalue weighted by Crippen LogP contribution is -2.21. The van der Waals surface area contributed by atoms with E-state index < -0.39 is 15.8 Å². The number of rotatable bonds is 4. The fourth-order valence-electron chi connectivity index (χ4n) is 0.863. The zero-order valence-corrected chi connectivity index (χ0v) is 9.18. The van der Waals surface area contributed by atoms with Crippen molar-refractivity contribution in [3.8, 4) is 5.75 Å². The second-order valence-corrected chi connectivity index (χ2v) is 4.91. The van der Waals surface area contributed by atoms with Gasteiger partial charge in [-0.2, -0.15) is 0 Å². The minimum atomic E-state index is -3.60. The normalized spacial score (nSPS) is 11.4. The van der Waals surface area contributed by atoms with Gasteiger partial charge in [0.15, 0.2) is 11.6 Å². The first-order valence-corrected chi connectivity index (χ1v) is 6.07. The van der Waals surface area contributed by atoms with E-state index in [0.717, 1.165) is 0 Å². The lowest BCUT2D eigenvalue weighted by atomic mass is 10.3. The highest BCUT2D eigenvalue weighted by molar-refractivity contribution is 7.89. The highest BCUT2D eigenvalue weighted by Gasteiger charge is 2.08. The Morgan fingerprint density at radius 3 is 2.73 bits per heavy atom. The molecular formula is C8H9ClFNO3S. The van der Waals surface area contributed by atoms with Crippen LogP contribution in [0.25, 0.3) is 0 Å². The maximum Gasteiger partial charge on any atom is 0.212 e. The lowest BCUT2D eigenvalue weighted by molar-refractivity contribution is 0.322. The average molecular weight is 254 g/mol. The highest BCUT2D eigenvalue weighted by atomic mass is 35.5. The van der Waals surface area contributed by atoms with Crippen LogP contribution >= 0.6 is 11.6 Å². The molecule has 7 heteroatoms. The Hall–Kier alpha value is -0.850. The largest absolute Gasteiger partial charge is 0.489 e. The molecule has 0 aliphatic heterocycles. The first kappa shape index (κ1) is 12.2. The molecule has 0 spiro atoms. The summed E-state index contributed by atoms with van der Waals surface area (Å²) < 4.78 is 39.2. The lowest BCUT2D eigenvalue weighted by Gasteiger charge is -2.06. The molecule has 1 aromatic rings. The van der Waals surface area contributed by atoms with Crippen LogP contribution in [0, 0.1) is 5.82 Å². The van der Waals surface area contributed by atoms with E-state index >= 15 is 0 Å². The summed E-state index contributed by atoms with van der Waals surface area (Å²) in [6.45, 7) is -0.212. The molecule has 0 aliphatic carbocycles. The van der Waals surface area contributed by atoms with Crippen LogP contribution in [0.15, 0.2) is 18.2 Å². The number of primary sulfonamides is 1. The molecule has 0 atom stereocenters. The number of benzene rings is 1. The second kappa shape index (κ2) is 4.78. The van der Waals surface area contributed by atoms with Crippen molar-refractivity contribution < 1.29 is 17.5 Å². The summed E-state index contributed by atoms with van der Waals surface area (Å²) in [7, 11) is -3.60. The summed E-state index contributed by atoms with van der Waals surface area (Å²) in [6, 6.07) is 4.21. The number of hydrogen-bond acceptors (Lipinski definition) is 3. The molecule has 0 radical (unpaired) electrons. The van der Waals surface area contributed by atoms with Gasteiger partial charge in [0.2, 0.25) is 10.0 Å². The van der Waals surface area contributed by atoms with Crippen molar-refractivity contribution in [3.05, 3.63) is 29.0 Å². The van der Waals surface area contributed by atoms with Gasteiger partial charge in [-0.3, -0.25) is 0 Å². The van der Waals surface area contributed by atoms with Crippen LogP contribution in [0.1, 0.15) is 0 Å². The Balaban J connectivity index is 2.62. The quantitative estimate of drug-likeness (QED) is 0.875. The van der Waals surface area contributed by atoms with Crippen molar-refractivity contribution in [2.24, 2.45) is 5.14 Å². The van der Waals surface area contributed by atoms with E-state index in [9.17, 15) is 12.8 Å². The molecule has 0 aromatic heterocycles. The second-order valence-electron chi connectivity index (χ2n) is 2.77. The van der Waals surface area contributed by atoms with Gasteiger partial charge in [-0.25, -0.2) is 17.9 Å². The van der Waals surface area contributed by atoms with Crippen molar-refractivity contribution in [2.75, 3.05) is 12.4 Å². The molecule has 0 fully saturated rings. The molecule has 0 bridgehead atoms. The standard InChI is InChI=1S/C8H9ClFNO3S/c9-6-2-1-3-7(8(6)10)14-4-5-15(11,12)13/h1-3H,4-5H2,(H2,11,12,13). The molecule has 0 aliphatic rings. The van der Waals surface area contributed by atoms with Gasteiger partial charge in [-0.05, 0) is 12.1 Å². The Labute approximate surface area is 91.8 Å². The van der Waals surface area contributed by atoms with E-state index in [1.54, 1.807) is 0 Å². The van der Waals surface area contributed by atoms with Crippen LogP contribution < -0.4 is 9.88 Å². The topological polar surface area (TPSA) is 69.4 Å². The number of ether oxygens (including phenoxy) is 1. The third-order valence-electron chi connectivity index (χ3n) is 1.54. The molecule has 1 rings (SSSR count). The Morgan fingerprint density at radius 1 is 1.47 bits per heavy atom. The first-order chi connectivity index (χ1) is 6.90. The molecule has 0 unspecified atom stereocenters. The fourth-order valence-corrected chi connectivity index (χ4v) is 1.34. The Kier molecular flexibility index (Phi) is 3.90.